The van der Waals surface area contributed by atoms with Gasteiger partial charge < -0.3 is 9.47 Å². The van der Waals surface area contributed by atoms with Gasteiger partial charge in [-0.05, 0) is 37.6 Å². The largest absolute Gasteiger partial charge is 0.497 e. The van der Waals surface area contributed by atoms with Crippen molar-refractivity contribution in [2.45, 2.75) is 25.4 Å². The second-order valence-corrected chi connectivity index (χ2v) is 5.56. The van der Waals surface area contributed by atoms with Crippen molar-refractivity contribution in [2.24, 2.45) is 0 Å². The first kappa shape index (κ1) is 14.9. The van der Waals surface area contributed by atoms with Crippen LogP contribution in [0.4, 0.5) is 0 Å². The molecule has 0 N–H and O–H groups in total. The fourth-order valence-corrected chi connectivity index (χ4v) is 3.16. The molecular formula is C18H22N2O2. The smallest absolute Gasteiger partial charge is 0.127 e. The monoisotopic (exact) mass is 298 g/mol. The van der Waals surface area contributed by atoms with E-state index in [1.54, 1.807) is 14.2 Å². The zero-order valence-corrected chi connectivity index (χ0v) is 13.2. The van der Waals surface area contributed by atoms with Crippen molar-refractivity contribution >= 4 is 0 Å². The maximum atomic E-state index is 5.58. The maximum absolute atomic E-state index is 5.58. The Morgan fingerprint density at radius 2 is 2.09 bits per heavy atom. The lowest BCUT2D eigenvalue weighted by molar-refractivity contribution is 0.240. The molecule has 3 rings (SSSR count). The molecule has 116 valence electrons. The highest BCUT2D eigenvalue weighted by molar-refractivity contribution is 5.42. The second-order valence-electron chi connectivity index (χ2n) is 5.56. The van der Waals surface area contributed by atoms with Gasteiger partial charge >= 0.3 is 0 Å². The van der Waals surface area contributed by atoms with Crippen LogP contribution in [0.1, 0.15) is 30.1 Å². The van der Waals surface area contributed by atoms with E-state index < -0.39 is 0 Å². The van der Waals surface area contributed by atoms with Gasteiger partial charge in [-0.3, -0.25) is 9.88 Å². The molecule has 0 amide bonds. The topological polar surface area (TPSA) is 34.6 Å². The zero-order chi connectivity index (χ0) is 15.4. The lowest BCUT2D eigenvalue weighted by Gasteiger charge is -2.26. The number of rotatable bonds is 5. The number of ether oxygens (including phenoxy) is 2. The van der Waals surface area contributed by atoms with Crippen molar-refractivity contribution < 1.29 is 9.47 Å². The highest BCUT2D eigenvalue weighted by atomic mass is 16.5. The summed E-state index contributed by atoms with van der Waals surface area (Å²) in [6, 6.07) is 12.6. The van der Waals surface area contributed by atoms with Crippen molar-refractivity contribution in [2.75, 3.05) is 20.8 Å². The van der Waals surface area contributed by atoms with E-state index in [4.69, 9.17) is 9.47 Å². The fourth-order valence-electron chi connectivity index (χ4n) is 3.16. The molecular weight excluding hydrogens is 276 g/mol. The summed E-state index contributed by atoms with van der Waals surface area (Å²) in [6.45, 7) is 1.97. The molecule has 0 aliphatic carbocycles. The Bertz CT molecular complexity index is 616. The molecule has 4 heteroatoms. The first-order valence-electron chi connectivity index (χ1n) is 7.67. The normalized spacial score (nSPS) is 18.4. The van der Waals surface area contributed by atoms with E-state index in [0.717, 1.165) is 36.7 Å². The minimum atomic E-state index is 0.378. The Morgan fingerprint density at radius 3 is 2.82 bits per heavy atom. The van der Waals surface area contributed by atoms with Crippen LogP contribution in [-0.2, 0) is 6.54 Å². The highest BCUT2D eigenvalue weighted by Gasteiger charge is 2.28. The molecule has 4 nitrogen and oxygen atoms in total. The lowest BCUT2D eigenvalue weighted by atomic mass is 10.0. The summed E-state index contributed by atoms with van der Waals surface area (Å²) in [5, 5.41) is 0. The minimum Gasteiger partial charge on any atom is -0.497 e. The van der Waals surface area contributed by atoms with Crippen LogP contribution in [0.2, 0.25) is 0 Å². The van der Waals surface area contributed by atoms with E-state index in [9.17, 15) is 0 Å². The van der Waals surface area contributed by atoms with Crippen LogP contribution >= 0.6 is 0 Å². The Labute approximate surface area is 131 Å². The van der Waals surface area contributed by atoms with Crippen molar-refractivity contribution in [3.05, 3.63) is 53.9 Å². The molecule has 0 radical (unpaired) electrons. The predicted molar refractivity (Wildman–Crippen MR) is 86.2 cm³/mol. The predicted octanol–water partition coefficient (Wildman–Crippen LogP) is 3.44. The Balaban J connectivity index is 1.83. The summed E-state index contributed by atoms with van der Waals surface area (Å²) in [5.41, 5.74) is 2.35. The maximum Gasteiger partial charge on any atom is 0.127 e. The van der Waals surface area contributed by atoms with E-state index in [-0.39, 0.29) is 0 Å². The molecule has 1 aromatic carbocycles. The van der Waals surface area contributed by atoms with E-state index in [0.29, 0.717) is 6.04 Å². The number of hydrogen-bond donors (Lipinski definition) is 0. The molecule has 0 saturated carbocycles. The molecule has 1 atom stereocenters. The molecule has 1 unspecified atom stereocenters. The molecule has 0 bridgehead atoms. The van der Waals surface area contributed by atoms with Crippen LogP contribution in [0.25, 0.3) is 0 Å². The van der Waals surface area contributed by atoms with Crippen molar-refractivity contribution in [1.29, 1.82) is 0 Å². The average Bonchev–Trinajstić information content (AvgIpc) is 3.03. The quantitative estimate of drug-likeness (QED) is 0.847. The summed E-state index contributed by atoms with van der Waals surface area (Å²) in [6.07, 6.45) is 4.20. The summed E-state index contributed by atoms with van der Waals surface area (Å²) >= 11 is 0. The van der Waals surface area contributed by atoms with Gasteiger partial charge in [-0.15, -0.1) is 0 Å². The van der Waals surface area contributed by atoms with E-state index >= 15 is 0 Å². The number of benzene rings is 1. The average molecular weight is 298 g/mol. The van der Waals surface area contributed by atoms with Crippen molar-refractivity contribution in [1.82, 2.24) is 9.88 Å². The van der Waals surface area contributed by atoms with Gasteiger partial charge in [0.1, 0.15) is 11.5 Å². The van der Waals surface area contributed by atoms with Gasteiger partial charge in [0.05, 0.1) is 19.9 Å². The van der Waals surface area contributed by atoms with Crippen LogP contribution < -0.4 is 9.47 Å². The second kappa shape index (κ2) is 6.79. The van der Waals surface area contributed by atoms with E-state index in [2.05, 4.69) is 22.0 Å². The number of methoxy groups -OCH3 is 2. The van der Waals surface area contributed by atoms with Gasteiger partial charge in [0.2, 0.25) is 0 Å². The third-order valence-electron chi connectivity index (χ3n) is 4.25. The summed E-state index contributed by atoms with van der Waals surface area (Å²) < 4.78 is 10.9. The first-order chi connectivity index (χ1) is 10.8. The van der Waals surface area contributed by atoms with Crippen LogP contribution in [0, 0.1) is 0 Å². The third-order valence-corrected chi connectivity index (χ3v) is 4.25. The van der Waals surface area contributed by atoms with Gasteiger partial charge in [-0.25, -0.2) is 0 Å². The third kappa shape index (κ3) is 3.07. The SMILES string of the molecule is COc1ccc(C2CCCN2Cc2ccccn2)c(OC)c1. The van der Waals surface area contributed by atoms with Crippen LogP contribution in [0.15, 0.2) is 42.6 Å². The number of aromatic nitrogens is 1. The molecule has 1 aliphatic heterocycles. The molecule has 0 spiro atoms. The summed E-state index contributed by atoms with van der Waals surface area (Å²) in [7, 11) is 3.40. The minimum absolute atomic E-state index is 0.378. The van der Waals surface area contributed by atoms with Gasteiger partial charge in [-0.1, -0.05) is 12.1 Å². The molecule has 22 heavy (non-hydrogen) atoms. The van der Waals surface area contributed by atoms with Gasteiger partial charge in [0.15, 0.2) is 0 Å². The van der Waals surface area contributed by atoms with Crippen molar-refractivity contribution in [3.63, 3.8) is 0 Å². The van der Waals surface area contributed by atoms with E-state index in [1.807, 2.05) is 30.5 Å². The molecule has 1 fully saturated rings. The zero-order valence-electron chi connectivity index (χ0n) is 13.2. The summed E-state index contributed by atoms with van der Waals surface area (Å²) in [4.78, 5) is 6.93. The molecule has 1 saturated heterocycles. The van der Waals surface area contributed by atoms with Gasteiger partial charge in [-0.2, -0.15) is 0 Å². The number of hydrogen-bond acceptors (Lipinski definition) is 4. The van der Waals surface area contributed by atoms with Gasteiger partial charge in [0.25, 0.3) is 0 Å². The van der Waals surface area contributed by atoms with Gasteiger partial charge in [0, 0.05) is 30.4 Å². The van der Waals surface area contributed by atoms with Crippen molar-refractivity contribution in [3.8, 4) is 11.5 Å². The molecule has 1 aliphatic rings. The van der Waals surface area contributed by atoms with Crippen LogP contribution in [0.5, 0.6) is 11.5 Å². The number of pyridine rings is 1. The Morgan fingerprint density at radius 1 is 1.18 bits per heavy atom. The van der Waals surface area contributed by atoms with E-state index in [1.165, 1.54) is 12.0 Å². The fraction of sp³-hybridized carbons (Fsp3) is 0.389. The van der Waals surface area contributed by atoms with Crippen LogP contribution in [-0.4, -0.2) is 30.6 Å². The molecule has 2 heterocycles. The highest BCUT2D eigenvalue weighted by Crippen LogP contribution is 2.39. The molecule has 1 aromatic heterocycles. The molecule has 2 aromatic rings. The summed E-state index contributed by atoms with van der Waals surface area (Å²) in [5.74, 6) is 1.73. The number of likely N-dealkylation sites (tertiary alicyclic amines) is 1. The first-order valence-corrected chi connectivity index (χ1v) is 7.67. The van der Waals surface area contributed by atoms with Crippen LogP contribution in [0.3, 0.4) is 0 Å². The Hall–Kier alpha value is -2.07. The standard InChI is InChI=1S/C18H22N2O2/c1-21-15-8-9-16(18(12-15)22-2)17-7-5-11-20(17)13-14-6-3-4-10-19-14/h3-4,6,8-10,12,17H,5,7,11,13H2,1-2H3. The Kier molecular flexibility index (Phi) is 4.59. The lowest BCUT2D eigenvalue weighted by Crippen LogP contribution is -2.23. The number of nitrogens with zero attached hydrogens (tertiary/aromatic N) is 2.